The second-order valence-electron chi connectivity index (χ2n) is 3.71. The van der Waals surface area contributed by atoms with Gasteiger partial charge in [-0.25, -0.2) is 4.79 Å². The maximum Gasteiger partial charge on any atom is 0.314 e. The van der Waals surface area contributed by atoms with Gasteiger partial charge in [0.2, 0.25) is 0 Å². The minimum absolute atomic E-state index is 0.200. The average Bonchev–Trinajstić information content (AvgIpc) is 2.40. The van der Waals surface area contributed by atoms with Crippen LogP contribution < -0.4 is 15.4 Å². The molecule has 0 heterocycles. The van der Waals surface area contributed by atoms with Crippen molar-refractivity contribution in [2.24, 2.45) is 0 Å². The van der Waals surface area contributed by atoms with Crippen molar-refractivity contribution in [2.45, 2.75) is 13.0 Å². The molecule has 0 saturated heterocycles. The molecule has 0 spiro atoms. The predicted octanol–water partition coefficient (Wildman–Crippen LogP) is 1.70. The third kappa shape index (κ3) is 3.92. The Labute approximate surface area is 107 Å². The molecule has 0 fully saturated rings. The molecule has 0 aliphatic heterocycles. The number of para-hydroxylation sites is 1. The Morgan fingerprint density at radius 2 is 2.00 bits per heavy atom. The first-order chi connectivity index (χ1) is 8.72. The SMILES string of the molecule is CCNC(=O)NCC(OC)c1ccccc1OC. The van der Waals surface area contributed by atoms with Gasteiger partial charge in [-0.1, -0.05) is 18.2 Å². The summed E-state index contributed by atoms with van der Waals surface area (Å²) in [7, 11) is 3.22. The van der Waals surface area contributed by atoms with Crippen LogP contribution in [0.3, 0.4) is 0 Å². The normalized spacial score (nSPS) is 11.7. The minimum atomic E-state index is -0.233. The molecule has 0 aromatic heterocycles. The number of amides is 2. The van der Waals surface area contributed by atoms with Crippen LogP contribution in [0.15, 0.2) is 24.3 Å². The highest BCUT2D eigenvalue weighted by atomic mass is 16.5. The van der Waals surface area contributed by atoms with Crippen LogP contribution >= 0.6 is 0 Å². The molecular weight excluding hydrogens is 232 g/mol. The molecule has 1 aromatic carbocycles. The number of carbonyl (C=O) groups excluding carboxylic acids is 1. The van der Waals surface area contributed by atoms with Crippen molar-refractivity contribution in [1.82, 2.24) is 10.6 Å². The molecule has 100 valence electrons. The van der Waals surface area contributed by atoms with Crippen LogP contribution in [-0.2, 0) is 4.74 Å². The highest BCUT2D eigenvalue weighted by Gasteiger charge is 2.15. The molecule has 2 amide bonds. The van der Waals surface area contributed by atoms with Crippen molar-refractivity contribution in [1.29, 1.82) is 0 Å². The molecule has 0 radical (unpaired) electrons. The lowest BCUT2D eigenvalue weighted by Crippen LogP contribution is -2.37. The number of hydrogen-bond acceptors (Lipinski definition) is 3. The van der Waals surface area contributed by atoms with Crippen LogP contribution in [0.4, 0.5) is 4.79 Å². The van der Waals surface area contributed by atoms with E-state index in [-0.39, 0.29) is 12.1 Å². The van der Waals surface area contributed by atoms with E-state index in [2.05, 4.69) is 10.6 Å². The monoisotopic (exact) mass is 252 g/mol. The maximum absolute atomic E-state index is 11.3. The van der Waals surface area contributed by atoms with Gasteiger partial charge in [0.25, 0.3) is 0 Å². The molecule has 0 saturated carbocycles. The Morgan fingerprint density at radius 3 is 2.61 bits per heavy atom. The zero-order chi connectivity index (χ0) is 13.4. The Balaban J connectivity index is 2.68. The summed E-state index contributed by atoms with van der Waals surface area (Å²) in [5, 5.41) is 5.42. The first kappa shape index (κ1) is 14.3. The summed E-state index contributed by atoms with van der Waals surface area (Å²) in [4.78, 5) is 11.3. The lowest BCUT2D eigenvalue weighted by molar-refractivity contribution is 0.101. The predicted molar refractivity (Wildman–Crippen MR) is 69.8 cm³/mol. The first-order valence-corrected chi connectivity index (χ1v) is 5.90. The van der Waals surface area contributed by atoms with E-state index in [0.29, 0.717) is 13.1 Å². The Hall–Kier alpha value is -1.75. The second kappa shape index (κ2) is 7.55. The number of hydrogen-bond donors (Lipinski definition) is 2. The quantitative estimate of drug-likeness (QED) is 0.810. The maximum atomic E-state index is 11.3. The molecule has 1 atom stereocenters. The van der Waals surface area contributed by atoms with E-state index in [1.807, 2.05) is 31.2 Å². The number of ether oxygens (including phenoxy) is 2. The van der Waals surface area contributed by atoms with Gasteiger partial charge in [0.1, 0.15) is 11.9 Å². The highest BCUT2D eigenvalue weighted by Crippen LogP contribution is 2.26. The van der Waals surface area contributed by atoms with Crippen LogP contribution in [0.1, 0.15) is 18.6 Å². The fourth-order valence-corrected chi connectivity index (χ4v) is 1.66. The van der Waals surface area contributed by atoms with E-state index in [4.69, 9.17) is 9.47 Å². The van der Waals surface area contributed by atoms with Crippen LogP contribution in [0, 0.1) is 0 Å². The number of carbonyl (C=O) groups is 1. The van der Waals surface area contributed by atoms with Crippen molar-refractivity contribution in [2.75, 3.05) is 27.3 Å². The van der Waals surface area contributed by atoms with Gasteiger partial charge in [0, 0.05) is 25.8 Å². The molecule has 1 rings (SSSR count). The van der Waals surface area contributed by atoms with E-state index in [0.717, 1.165) is 11.3 Å². The number of benzene rings is 1. The highest BCUT2D eigenvalue weighted by molar-refractivity contribution is 5.73. The van der Waals surface area contributed by atoms with Gasteiger partial charge in [-0.2, -0.15) is 0 Å². The number of nitrogens with one attached hydrogen (secondary N) is 2. The zero-order valence-electron chi connectivity index (χ0n) is 11.0. The lowest BCUT2D eigenvalue weighted by atomic mass is 10.1. The molecular formula is C13H20N2O3. The van der Waals surface area contributed by atoms with Crippen molar-refractivity contribution in [3.8, 4) is 5.75 Å². The van der Waals surface area contributed by atoms with E-state index < -0.39 is 0 Å². The van der Waals surface area contributed by atoms with E-state index in [1.165, 1.54) is 0 Å². The van der Waals surface area contributed by atoms with Gasteiger partial charge in [-0.3, -0.25) is 0 Å². The number of rotatable bonds is 6. The van der Waals surface area contributed by atoms with Crippen LogP contribution in [0.25, 0.3) is 0 Å². The summed E-state index contributed by atoms with van der Waals surface area (Å²) < 4.78 is 10.7. The molecule has 5 heteroatoms. The van der Waals surface area contributed by atoms with Gasteiger partial charge in [0.15, 0.2) is 0 Å². The van der Waals surface area contributed by atoms with Gasteiger partial charge < -0.3 is 20.1 Å². The summed E-state index contributed by atoms with van der Waals surface area (Å²) in [6, 6.07) is 7.40. The summed E-state index contributed by atoms with van der Waals surface area (Å²) >= 11 is 0. The van der Waals surface area contributed by atoms with E-state index in [1.54, 1.807) is 14.2 Å². The molecule has 2 N–H and O–H groups in total. The van der Waals surface area contributed by atoms with E-state index >= 15 is 0 Å². The van der Waals surface area contributed by atoms with Crippen molar-refractivity contribution < 1.29 is 14.3 Å². The van der Waals surface area contributed by atoms with Crippen molar-refractivity contribution >= 4 is 6.03 Å². The topological polar surface area (TPSA) is 59.6 Å². The molecule has 1 aromatic rings. The molecule has 5 nitrogen and oxygen atoms in total. The fourth-order valence-electron chi connectivity index (χ4n) is 1.66. The van der Waals surface area contributed by atoms with Gasteiger partial charge >= 0.3 is 6.03 Å². The fraction of sp³-hybridized carbons (Fsp3) is 0.462. The van der Waals surface area contributed by atoms with Gasteiger partial charge in [-0.15, -0.1) is 0 Å². The molecule has 0 bridgehead atoms. The number of methoxy groups -OCH3 is 2. The summed E-state index contributed by atoms with van der Waals surface area (Å²) in [6.07, 6.45) is -0.233. The Morgan fingerprint density at radius 1 is 1.28 bits per heavy atom. The standard InChI is InChI=1S/C13H20N2O3/c1-4-14-13(16)15-9-12(18-3)10-7-5-6-8-11(10)17-2/h5-8,12H,4,9H2,1-3H3,(H2,14,15,16). The minimum Gasteiger partial charge on any atom is -0.496 e. The van der Waals surface area contributed by atoms with Gasteiger partial charge in [-0.05, 0) is 13.0 Å². The molecule has 0 aliphatic rings. The smallest absolute Gasteiger partial charge is 0.314 e. The summed E-state index contributed by atoms with van der Waals surface area (Å²) in [5.74, 6) is 0.752. The van der Waals surface area contributed by atoms with Gasteiger partial charge in [0.05, 0.1) is 7.11 Å². The van der Waals surface area contributed by atoms with Crippen LogP contribution in [0.5, 0.6) is 5.75 Å². The molecule has 0 aliphatic carbocycles. The van der Waals surface area contributed by atoms with Crippen LogP contribution in [-0.4, -0.2) is 33.3 Å². The second-order valence-corrected chi connectivity index (χ2v) is 3.71. The van der Waals surface area contributed by atoms with Crippen molar-refractivity contribution in [3.05, 3.63) is 29.8 Å². The number of urea groups is 1. The largest absolute Gasteiger partial charge is 0.496 e. The third-order valence-corrected chi connectivity index (χ3v) is 2.56. The molecule has 1 unspecified atom stereocenters. The lowest BCUT2D eigenvalue weighted by Gasteiger charge is -2.19. The first-order valence-electron chi connectivity index (χ1n) is 5.90. The van der Waals surface area contributed by atoms with Crippen LogP contribution in [0.2, 0.25) is 0 Å². The molecule has 18 heavy (non-hydrogen) atoms. The Bertz CT molecular complexity index is 382. The average molecular weight is 252 g/mol. The van der Waals surface area contributed by atoms with E-state index in [9.17, 15) is 4.79 Å². The zero-order valence-corrected chi connectivity index (χ0v) is 11.0. The Kier molecular flexibility index (Phi) is 6.00. The summed E-state index contributed by atoms with van der Waals surface area (Å²) in [5.41, 5.74) is 0.916. The van der Waals surface area contributed by atoms with Crippen molar-refractivity contribution in [3.63, 3.8) is 0 Å². The third-order valence-electron chi connectivity index (χ3n) is 2.56. The summed E-state index contributed by atoms with van der Waals surface area (Å²) in [6.45, 7) is 2.86.